The van der Waals surface area contributed by atoms with Crippen LogP contribution in [-0.2, 0) is 0 Å². The fourth-order valence-electron chi connectivity index (χ4n) is 2.04. The van der Waals surface area contributed by atoms with Gasteiger partial charge in [-0.25, -0.2) is 9.37 Å². The number of aromatic nitrogens is 1. The zero-order valence-corrected chi connectivity index (χ0v) is 12.9. The highest BCUT2D eigenvalue weighted by Gasteiger charge is 2.15. The van der Waals surface area contributed by atoms with Crippen LogP contribution in [0.25, 0.3) is 0 Å². The molecule has 0 bridgehead atoms. The molecule has 0 saturated heterocycles. The maximum Gasteiger partial charge on any atom is 0.136 e. The second-order valence-corrected chi connectivity index (χ2v) is 5.79. The number of nitrogens with zero attached hydrogens (tertiary/aromatic N) is 1. The number of benzene rings is 1. The molecular formula is C16H20FN3S. The number of nitrogens with two attached hydrogens (primary N) is 1. The van der Waals surface area contributed by atoms with Crippen LogP contribution >= 0.6 is 11.8 Å². The third kappa shape index (κ3) is 4.44. The summed E-state index contributed by atoms with van der Waals surface area (Å²) >= 11 is 1.49. The Morgan fingerprint density at radius 2 is 2.10 bits per heavy atom. The number of hydrogen-bond donors (Lipinski definition) is 2. The van der Waals surface area contributed by atoms with Gasteiger partial charge in [0.05, 0.1) is 0 Å². The second kappa shape index (κ2) is 8.00. The fraction of sp³-hybridized carbons (Fsp3) is 0.312. The summed E-state index contributed by atoms with van der Waals surface area (Å²) in [6.07, 6.45) is 2.71. The van der Waals surface area contributed by atoms with Gasteiger partial charge in [-0.1, -0.05) is 25.1 Å². The van der Waals surface area contributed by atoms with Crippen molar-refractivity contribution in [2.24, 2.45) is 0 Å². The van der Waals surface area contributed by atoms with E-state index in [9.17, 15) is 4.39 Å². The summed E-state index contributed by atoms with van der Waals surface area (Å²) in [6.45, 7) is 3.00. The molecule has 1 atom stereocenters. The van der Waals surface area contributed by atoms with E-state index in [1.54, 1.807) is 18.3 Å². The van der Waals surface area contributed by atoms with Gasteiger partial charge in [-0.05, 0) is 31.2 Å². The van der Waals surface area contributed by atoms with Crippen LogP contribution in [0.5, 0.6) is 0 Å². The third-order valence-electron chi connectivity index (χ3n) is 3.13. The molecule has 0 saturated carbocycles. The molecule has 0 aliphatic heterocycles. The number of nitrogens with one attached hydrogen (secondary N) is 1. The highest BCUT2D eigenvalue weighted by molar-refractivity contribution is 7.99. The molecule has 1 heterocycles. The molecule has 2 aromatic rings. The summed E-state index contributed by atoms with van der Waals surface area (Å²) in [5.74, 6) is 1.05. The van der Waals surface area contributed by atoms with Crippen LogP contribution < -0.4 is 11.1 Å². The van der Waals surface area contributed by atoms with Crippen molar-refractivity contribution in [1.29, 1.82) is 0 Å². The molecule has 3 nitrogen and oxygen atoms in total. The number of rotatable bonds is 7. The van der Waals surface area contributed by atoms with Gasteiger partial charge >= 0.3 is 0 Å². The molecular weight excluding hydrogens is 285 g/mol. The van der Waals surface area contributed by atoms with Crippen LogP contribution in [0, 0.1) is 5.82 Å². The highest BCUT2D eigenvalue weighted by atomic mass is 32.2. The van der Waals surface area contributed by atoms with Gasteiger partial charge in [-0.2, -0.15) is 0 Å². The number of nitrogen functional groups attached to an aromatic ring is 1. The van der Waals surface area contributed by atoms with Gasteiger partial charge in [0.1, 0.15) is 11.6 Å². The van der Waals surface area contributed by atoms with Gasteiger partial charge in [0.25, 0.3) is 0 Å². The number of anilines is 1. The average molecular weight is 305 g/mol. The first-order valence-corrected chi connectivity index (χ1v) is 8.02. The fourth-order valence-corrected chi connectivity index (χ4v) is 3.06. The van der Waals surface area contributed by atoms with E-state index in [-0.39, 0.29) is 11.9 Å². The Hall–Kier alpha value is -1.59. The number of pyridine rings is 1. The first kappa shape index (κ1) is 15.8. The van der Waals surface area contributed by atoms with E-state index in [2.05, 4.69) is 17.2 Å². The minimum atomic E-state index is -0.184. The van der Waals surface area contributed by atoms with Crippen molar-refractivity contribution in [3.8, 4) is 0 Å². The summed E-state index contributed by atoms with van der Waals surface area (Å²) in [5, 5.41) is 3.45. The topological polar surface area (TPSA) is 50.9 Å². The van der Waals surface area contributed by atoms with Gasteiger partial charge in [-0.15, -0.1) is 11.8 Å². The average Bonchev–Trinajstić information content (AvgIpc) is 2.50. The van der Waals surface area contributed by atoms with Crippen molar-refractivity contribution in [3.63, 3.8) is 0 Å². The molecule has 21 heavy (non-hydrogen) atoms. The van der Waals surface area contributed by atoms with Crippen LogP contribution in [-0.4, -0.2) is 17.3 Å². The molecule has 2 rings (SSSR count). The largest absolute Gasteiger partial charge is 0.383 e. The van der Waals surface area contributed by atoms with Crippen molar-refractivity contribution < 1.29 is 4.39 Å². The molecule has 0 aliphatic carbocycles. The molecule has 5 heteroatoms. The second-order valence-electron chi connectivity index (χ2n) is 4.73. The Labute approximate surface area is 129 Å². The molecule has 0 spiro atoms. The lowest BCUT2D eigenvalue weighted by molar-refractivity contribution is 0.575. The molecule has 0 aliphatic rings. The maximum absolute atomic E-state index is 13.7. The predicted molar refractivity (Wildman–Crippen MR) is 86.8 cm³/mol. The van der Waals surface area contributed by atoms with E-state index in [0.29, 0.717) is 16.5 Å². The highest BCUT2D eigenvalue weighted by Crippen LogP contribution is 2.28. The summed E-state index contributed by atoms with van der Waals surface area (Å²) in [6, 6.07) is 10.7. The summed E-state index contributed by atoms with van der Waals surface area (Å²) in [5.41, 5.74) is 6.92. The van der Waals surface area contributed by atoms with Crippen LogP contribution in [0.2, 0.25) is 0 Å². The third-order valence-corrected chi connectivity index (χ3v) is 4.27. The van der Waals surface area contributed by atoms with Gasteiger partial charge in [-0.3, -0.25) is 0 Å². The van der Waals surface area contributed by atoms with E-state index in [1.807, 2.05) is 18.2 Å². The Balaban J connectivity index is 2.10. The Morgan fingerprint density at radius 1 is 1.29 bits per heavy atom. The first-order valence-electron chi connectivity index (χ1n) is 7.03. The maximum atomic E-state index is 13.7. The molecule has 1 aromatic carbocycles. The molecule has 3 N–H and O–H groups in total. The summed E-state index contributed by atoms with van der Waals surface area (Å²) in [7, 11) is 0. The number of halogens is 1. The predicted octanol–water partition coefficient (Wildman–Crippen LogP) is 3.64. The standard InChI is InChI=1S/C16H20FN3S/c1-2-9-19-14(12-6-5-10-20-16(12)18)11-21-15-8-4-3-7-13(15)17/h3-8,10,14,19H,2,9,11H2,1H3,(H2,18,20). The zero-order chi connectivity index (χ0) is 15.1. The smallest absolute Gasteiger partial charge is 0.136 e. The molecule has 1 unspecified atom stereocenters. The minimum Gasteiger partial charge on any atom is -0.383 e. The Morgan fingerprint density at radius 3 is 2.81 bits per heavy atom. The van der Waals surface area contributed by atoms with Crippen LogP contribution in [0.15, 0.2) is 47.5 Å². The van der Waals surface area contributed by atoms with Crippen molar-refractivity contribution in [2.45, 2.75) is 24.3 Å². The lowest BCUT2D eigenvalue weighted by Crippen LogP contribution is -2.25. The molecule has 0 amide bonds. The van der Waals surface area contributed by atoms with Crippen molar-refractivity contribution in [1.82, 2.24) is 10.3 Å². The number of hydrogen-bond acceptors (Lipinski definition) is 4. The normalized spacial score (nSPS) is 12.3. The van der Waals surface area contributed by atoms with E-state index in [0.717, 1.165) is 18.5 Å². The Bertz CT molecular complexity index is 577. The van der Waals surface area contributed by atoms with Crippen LogP contribution in [0.1, 0.15) is 24.9 Å². The van der Waals surface area contributed by atoms with E-state index < -0.39 is 0 Å². The molecule has 112 valence electrons. The molecule has 0 fully saturated rings. The SMILES string of the molecule is CCCNC(CSc1ccccc1F)c1cccnc1N. The van der Waals surface area contributed by atoms with Gasteiger partial charge in [0, 0.05) is 28.5 Å². The van der Waals surface area contributed by atoms with Gasteiger partial charge < -0.3 is 11.1 Å². The van der Waals surface area contributed by atoms with Crippen molar-refractivity contribution in [3.05, 3.63) is 54.0 Å². The van der Waals surface area contributed by atoms with Crippen LogP contribution in [0.4, 0.5) is 10.2 Å². The summed E-state index contributed by atoms with van der Waals surface area (Å²) in [4.78, 5) is 4.79. The first-order chi connectivity index (χ1) is 10.2. The van der Waals surface area contributed by atoms with E-state index in [1.165, 1.54) is 17.8 Å². The molecule has 0 radical (unpaired) electrons. The lowest BCUT2D eigenvalue weighted by Gasteiger charge is -2.19. The quantitative estimate of drug-likeness (QED) is 0.767. The van der Waals surface area contributed by atoms with Crippen molar-refractivity contribution in [2.75, 3.05) is 18.0 Å². The minimum absolute atomic E-state index is 0.0586. The zero-order valence-electron chi connectivity index (χ0n) is 12.1. The monoisotopic (exact) mass is 305 g/mol. The summed E-state index contributed by atoms with van der Waals surface area (Å²) < 4.78 is 13.7. The Kier molecular flexibility index (Phi) is 6.02. The van der Waals surface area contributed by atoms with Gasteiger partial charge in [0.15, 0.2) is 0 Å². The molecule has 1 aromatic heterocycles. The van der Waals surface area contributed by atoms with E-state index in [4.69, 9.17) is 5.73 Å². The number of thioether (sulfide) groups is 1. The lowest BCUT2D eigenvalue weighted by atomic mass is 10.1. The van der Waals surface area contributed by atoms with Crippen molar-refractivity contribution >= 4 is 17.6 Å². The van der Waals surface area contributed by atoms with E-state index >= 15 is 0 Å². The van der Waals surface area contributed by atoms with Crippen LogP contribution in [0.3, 0.4) is 0 Å². The van der Waals surface area contributed by atoms with Gasteiger partial charge in [0.2, 0.25) is 0 Å².